The van der Waals surface area contributed by atoms with E-state index in [-0.39, 0.29) is 16.1 Å². The summed E-state index contributed by atoms with van der Waals surface area (Å²) >= 11 is 0. The fourth-order valence-electron chi connectivity index (χ4n) is 1.81. The maximum absolute atomic E-state index is 13.4. The molecule has 8 heteroatoms. The molecule has 2 aromatic carbocycles. The van der Waals surface area contributed by atoms with Crippen molar-refractivity contribution >= 4 is 22.4 Å². The summed E-state index contributed by atoms with van der Waals surface area (Å²) in [5, 5.41) is 2.39. The number of hydrogen-bond acceptors (Lipinski definition) is 2. The Morgan fingerprint density at radius 2 is 1.70 bits per heavy atom. The molecule has 0 aliphatic carbocycles. The van der Waals surface area contributed by atoms with E-state index >= 15 is 0 Å². The first-order valence-corrected chi connectivity index (χ1v) is 7.86. The van der Waals surface area contributed by atoms with Crippen LogP contribution in [0.3, 0.4) is 0 Å². The van der Waals surface area contributed by atoms with E-state index in [2.05, 4.69) is 5.32 Å². The predicted octanol–water partition coefficient (Wildman–Crippen LogP) is 3.83. The molecule has 1 atom stereocenters. The second-order valence-corrected chi connectivity index (χ2v) is 5.98. The van der Waals surface area contributed by atoms with Crippen molar-refractivity contribution in [2.45, 2.75) is 11.1 Å². The zero-order chi connectivity index (χ0) is 17.2. The van der Waals surface area contributed by atoms with E-state index in [1.165, 1.54) is 12.3 Å². The van der Waals surface area contributed by atoms with Crippen molar-refractivity contribution in [3.63, 3.8) is 0 Å². The Balaban J connectivity index is 2.19. The van der Waals surface area contributed by atoms with Gasteiger partial charge in [0.2, 0.25) is 0 Å². The van der Waals surface area contributed by atoms with Gasteiger partial charge in [0.25, 0.3) is 5.91 Å². The van der Waals surface area contributed by atoms with Crippen LogP contribution >= 0.6 is 0 Å². The van der Waals surface area contributed by atoms with Crippen LogP contribution in [0.4, 0.5) is 23.2 Å². The van der Waals surface area contributed by atoms with Crippen molar-refractivity contribution in [2.75, 3.05) is 11.6 Å². The van der Waals surface area contributed by atoms with Crippen LogP contribution in [0.5, 0.6) is 0 Å². The topological polar surface area (TPSA) is 46.2 Å². The Bertz CT molecular complexity index is 757. The number of hydrogen-bond donors (Lipinski definition) is 1. The van der Waals surface area contributed by atoms with Gasteiger partial charge in [-0.05, 0) is 42.5 Å². The third-order valence-electron chi connectivity index (χ3n) is 2.97. The lowest BCUT2D eigenvalue weighted by Crippen LogP contribution is -2.13. The molecule has 0 saturated heterocycles. The van der Waals surface area contributed by atoms with Crippen LogP contribution in [0.25, 0.3) is 0 Å². The second kappa shape index (κ2) is 6.49. The molecule has 1 amide bonds. The number of benzene rings is 2. The van der Waals surface area contributed by atoms with E-state index in [4.69, 9.17) is 0 Å². The first-order chi connectivity index (χ1) is 10.7. The van der Waals surface area contributed by atoms with Gasteiger partial charge in [-0.15, -0.1) is 0 Å². The summed E-state index contributed by atoms with van der Waals surface area (Å²) in [6, 6.07) is 7.26. The van der Waals surface area contributed by atoms with Crippen LogP contribution in [0.1, 0.15) is 15.9 Å². The molecule has 1 N–H and O–H groups in total. The van der Waals surface area contributed by atoms with E-state index < -0.39 is 34.3 Å². The molecule has 23 heavy (non-hydrogen) atoms. The molecule has 0 spiro atoms. The summed E-state index contributed by atoms with van der Waals surface area (Å²) < 4.78 is 62.2. The first kappa shape index (κ1) is 17.1. The normalized spacial score (nSPS) is 12.7. The van der Waals surface area contributed by atoms with Crippen LogP contribution in [0, 0.1) is 5.82 Å². The number of amides is 1. The summed E-state index contributed by atoms with van der Waals surface area (Å²) in [4.78, 5) is 11.9. The molecule has 0 aromatic heterocycles. The molecule has 2 aromatic rings. The van der Waals surface area contributed by atoms with Gasteiger partial charge in [-0.1, -0.05) is 0 Å². The largest absolute Gasteiger partial charge is 0.416 e. The Kier molecular flexibility index (Phi) is 4.84. The van der Waals surface area contributed by atoms with Crippen LogP contribution < -0.4 is 5.32 Å². The molecule has 0 heterocycles. The molecule has 0 aliphatic heterocycles. The van der Waals surface area contributed by atoms with Crippen LogP contribution in [0.2, 0.25) is 0 Å². The number of carbonyl (C=O) groups excluding carboxylic acids is 1. The smallest absolute Gasteiger partial charge is 0.322 e. The van der Waals surface area contributed by atoms with Crippen molar-refractivity contribution in [1.29, 1.82) is 0 Å². The number of nitrogens with one attached hydrogen (secondary N) is 1. The molecular formula is C15H11F4NO2S. The lowest BCUT2D eigenvalue weighted by Gasteiger charge is -2.09. The van der Waals surface area contributed by atoms with E-state index in [1.54, 1.807) is 0 Å². The maximum Gasteiger partial charge on any atom is 0.416 e. The van der Waals surface area contributed by atoms with E-state index in [1.807, 2.05) is 0 Å². The highest BCUT2D eigenvalue weighted by Gasteiger charge is 2.30. The Hall–Kier alpha value is -2.22. The Labute approximate surface area is 131 Å². The fourth-order valence-corrected chi connectivity index (χ4v) is 2.45. The zero-order valence-electron chi connectivity index (χ0n) is 11.8. The lowest BCUT2D eigenvalue weighted by atomic mass is 10.1. The minimum absolute atomic E-state index is 0.0523. The summed E-state index contributed by atoms with van der Waals surface area (Å²) in [6.45, 7) is 0. The lowest BCUT2D eigenvalue weighted by molar-refractivity contribution is -0.137. The minimum Gasteiger partial charge on any atom is -0.322 e. The van der Waals surface area contributed by atoms with Crippen molar-refractivity contribution in [1.82, 2.24) is 0 Å². The molecule has 0 bridgehead atoms. The van der Waals surface area contributed by atoms with Gasteiger partial charge < -0.3 is 5.32 Å². The van der Waals surface area contributed by atoms with Gasteiger partial charge >= 0.3 is 6.18 Å². The highest BCUT2D eigenvalue weighted by molar-refractivity contribution is 7.84. The molecule has 2 rings (SSSR count). The number of rotatable bonds is 3. The van der Waals surface area contributed by atoms with Gasteiger partial charge in [0.05, 0.1) is 21.3 Å². The summed E-state index contributed by atoms with van der Waals surface area (Å²) in [6.07, 6.45) is -3.18. The third-order valence-corrected chi connectivity index (χ3v) is 3.91. The van der Waals surface area contributed by atoms with Crippen molar-refractivity contribution in [3.05, 3.63) is 59.4 Å². The molecule has 0 saturated carbocycles. The number of carbonyl (C=O) groups is 1. The van der Waals surface area contributed by atoms with E-state index in [0.717, 1.165) is 36.4 Å². The summed E-state index contributed by atoms with van der Waals surface area (Å²) in [7, 11) is -1.61. The van der Waals surface area contributed by atoms with Gasteiger partial charge in [-0.3, -0.25) is 9.00 Å². The monoisotopic (exact) mass is 345 g/mol. The predicted molar refractivity (Wildman–Crippen MR) is 78.1 cm³/mol. The minimum atomic E-state index is -4.46. The second-order valence-electron chi connectivity index (χ2n) is 4.63. The van der Waals surface area contributed by atoms with Crippen LogP contribution in [0.15, 0.2) is 47.4 Å². The number of anilines is 1. The standard InChI is InChI=1S/C15H11F4NO2S/c1-23(22)13-8-9(2-7-12(13)16)14(21)20-11-5-3-10(4-6-11)15(17,18)19/h2-8H,1H3,(H,20,21). The molecule has 1 unspecified atom stereocenters. The molecule has 3 nitrogen and oxygen atoms in total. The molecule has 0 radical (unpaired) electrons. The fraction of sp³-hybridized carbons (Fsp3) is 0.133. The Morgan fingerprint density at radius 3 is 2.22 bits per heavy atom. The SMILES string of the molecule is CS(=O)c1cc(C(=O)Nc2ccc(C(F)(F)F)cc2)ccc1F. The Morgan fingerprint density at radius 1 is 1.09 bits per heavy atom. The van der Waals surface area contributed by atoms with Crippen molar-refractivity contribution in [2.24, 2.45) is 0 Å². The van der Waals surface area contributed by atoms with Crippen molar-refractivity contribution in [3.8, 4) is 0 Å². The zero-order valence-corrected chi connectivity index (χ0v) is 12.6. The highest BCUT2D eigenvalue weighted by Crippen LogP contribution is 2.29. The molecular weight excluding hydrogens is 334 g/mol. The first-order valence-electron chi connectivity index (χ1n) is 6.30. The number of alkyl halides is 3. The van der Waals surface area contributed by atoms with Crippen LogP contribution in [-0.2, 0) is 17.0 Å². The van der Waals surface area contributed by atoms with Gasteiger partial charge in [-0.25, -0.2) is 4.39 Å². The number of halogens is 4. The third kappa shape index (κ3) is 4.16. The van der Waals surface area contributed by atoms with Gasteiger partial charge in [0.1, 0.15) is 5.82 Å². The van der Waals surface area contributed by atoms with Gasteiger partial charge in [-0.2, -0.15) is 13.2 Å². The molecule has 0 aliphatic rings. The molecule has 122 valence electrons. The molecule has 0 fully saturated rings. The van der Waals surface area contributed by atoms with E-state index in [0.29, 0.717) is 0 Å². The maximum atomic E-state index is 13.4. The van der Waals surface area contributed by atoms with E-state index in [9.17, 15) is 26.6 Å². The summed E-state index contributed by atoms with van der Waals surface area (Å²) in [5.41, 5.74) is -0.621. The highest BCUT2D eigenvalue weighted by atomic mass is 32.2. The van der Waals surface area contributed by atoms with Gasteiger partial charge in [0.15, 0.2) is 0 Å². The average molecular weight is 345 g/mol. The van der Waals surface area contributed by atoms with Crippen LogP contribution in [-0.4, -0.2) is 16.4 Å². The summed E-state index contributed by atoms with van der Waals surface area (Å²) in [5.74, 6) is -1.34. The van der Waals surface area contributed by atoms with Gasteiger partial charge in [0, 0.05) is 17.5 Å². The quantitative estimate of drug-likeness (QED) is 0.860. The average Bonchev–Trinajstić information content (AvgIpc) is 2.47. The van der Waals surface area contributed by atoms with Crippen molar-refractivity contribution < 1.29 is 26.6 Å².